The molecule has 3 atom stereocenters. The molecule has 196 valence electrons. The van der Waals surface area contributed by atoms with Gasteiger partial charge in [0, 0.05) is 40.5 Å². The first kappa shape index (κ1) is 27.7. The van der Waals surface area contributed by atoms with Crippen molar-refractivity contribution in [2.24, 2.45) is 0 Å². The minimum atomic E-state index is -0.438. The van der Waals surface area contributed by atoms with Crippen LogP contribution in [0.15, 0.2) is 71.6 Å². The molecule has 0 radical (unpaired) electrons. The van der Waals surface area contributed by atoms with Crippen molar-refractivity contribution >= 4 is 29.1 Å². The van der Waals surface area contributed by atoms with Crippen LogP contribution in [-0.4, -0.2) is 35.5 Å². The topological polar surface area (TPSA) is 55.8 Å². The molecular formula is C31H35ClO4S. The van der Waals surface area contributed by atoms with Crippen LogP contribution in [0.5, 0.6) is 5.75 Å². The fourth-order valence-corrected chi connectivity index (χ4v) is 5.98. The Balaban J connectivity index is 1.44. The molecule has 1 fully saturated rings. The standard InChI is InChI=1S/C31H35ClO4S/c1-3-7-29(34)27-8-5-6-9-31(27)37-20-26-18-24(33)19-30(36-26)22-12-15-28(32)23(17-22)16-21-10-13-25(14-11-21)35-4-2/h5-6,8-15,17,24,26,30,33H,3-4,7,16,18-20H2,1-2H3. The number of halogens is 1. The lowest BCUT2D eigenvalue weighted by Gasteiger charge is -2.33. The van der Waals surface area contributed by atoms with E-state index in [0.717, 1.165) is 44.3 Å². The molecule has 1 N–H and O–H groups in total. The van der Waals surface area contributed by atoms with Crippen molar-refractivity contribution in [3.63, 3.8) is 0 Å². The monoisotopic (exact) mass is 538 g/mol. The van der Waals surface area contributed by atoms with Crippen molar-refractivity contribution in [1.29, 1.82) is 0 Å². The molecule has 1 aliphatic heterocycles. The lowest BCUT2D eigenvalue weighted by Crippen LogP contribution is -2.33. The van der Waals surface area contributed by atoms with Crippen molar-refractivity contribution in [1.82, 2.24) is 0 Å². The molecule has 1 saturated heterocycles. The number of benzene rings is 3. The van der Waals surface area contributed by atoms with Crippen LogP contribution in [0.3, 0.4) is 0 Å². The fraction of sp³-hybridized carbons (Fsp3) is 0.387. The van der Waals surface area contributed by atoms with E-state index in [1.54, 1.807) is 11.8 Å². The maximum Gasteiger partial charge on any atom is 0.163 e. The van der Waals surface area contributed by atoms with Crippen molar-refractivity contribution in [3.05, 3.63) is 94.0 Å². The zero-order valence-electron chi connectivity index (χ0n) is 21.5. The SMILES string of the molecule is CCCC(=O)c1ccccc1SCC1CC(O)CC(c2ccc(Cl)c(Cc3ccc(OCC)cc3)c2)O1. The Morgan fingerprint density at radius 3 is 2.62 bits per heavy atom. The van der Waals surface area contributed by atoms with Gasteiger partial charge in [0.05, 0.1) is 24.9 Å². The minimum absolute atomic E-state index is 0.113. The molecule has 4 rings (SSSR count). The van der Waals surface area contributed by atoms with Crippen LogP contribution in [0.2, 0.25) is 5.02 Å². The Bertz CT molecular complexity index is 1180. The Kier molecular flexibility index (Phi) is 10.1. The molecule has 0 saturated carbocycles. The first-order valence-corrected chi connectivity index (χ1v) is 14.4. The number of hydrogen-bond acceptors (Lipinski definition) is 5. The number of aliphatic hydroxyl groups excluding tert-OH is 1. The average Bonchev–Trinajstić information content (AvgIpc) is 2.90. The Hall–Kier alpha value is -2.31. The van der Waals surface area contributed by atoms with Gasteiger partial charge in [-0.05, 0) is 60.7 Å². The van der Waals surface area contributed by atoms with E-state index < -0.39 is 6.10 Å². The van der Waals surface area contributed by atoms with Gasteiger partial charge in [0.2, 0.25) is 0 Å². The van der Waals surface area contributed by atoms with E-state index in [2.05, 4.69) is 18.2 Å². The summed E-state index contributed by atoms with van der Waals surface area (Å²) in [6.45, 7) is 4.63. The number of ketones is 1. The third-order valence-corrected chi connectivity index (χ3v) is 8.11. The van der Waals surface area contributed by atoms with Crippen LogP contribution in [0.1, 0.15) is 72.7 Å². The van der Waals surface area contributed by atoms with Crippen molar-refractivity contribution in [2.45, 2.75) is 69.2 Å². The molecule has 0 spiro atoms. The van der Waals surface area contributed by atoms with E-state index >= 15 is 0 Å². The normalized spacial score (nSPS) is 19.5. The van der Waals surface area contributed by atoms with Gasteiger partial charge in [-0.2, -0.15) is 0 Å². The summed E-state index contributed by atoms with van der Waals surface area (Å²) in [6, 6.07) is 21.9. The maximum absolute atomic E-state index is 12.5. The zero-order valence-corrected chi connectivity index (χ0v) is 23.1. The smallest absolute Gasteiger partial charge is 0.163 e. The lowest BCUT2D eigenvalue weighted by molar-refractivity contribution is -0.0875. The third-order valence-electron chi connectivity index (χ3n) is 6.54. The number of Topliss-reactive ketones (excluding diaryl/α,β-unsaturated/α-hetero) is 1. The Morgan fingerprint density at radius 2 is 1.86 bits per heavy atom. The van der Waals surface area contributed by atoms with Crippen molar-refractivity contribution < 1.29 is 19.4 Å². The van der Waals surface area contributed by atoms with Gasteiger partial charge in [0.15, 0.2) is 5.78 Å². The molecule has 3 aromatic carbocycles. The second-order valence-corrected chi connectivity index (χ2v) is 10.9. The average molecular weight is 539 g/mol. The predicted molar refractivity (Wildman–Crippen MR) is 151 cm³/mol. The maximum atomic E-state index is 12.5. The Labute approximate surface area is 229 Å². The largest absolute Gasteiger partial charge is 0.494 e. The molecule has 1 heterocycles. The van der Waals surface area contributed by atoms with E-state index in [4.69, 9.17) is 21.1 Å². The minimum Gasteiger partial charge on any atom is -0.494 e. The molecule has 0 aliphatic carbocycles. The van der Waals surface area contributed by atoms with Crippen molar-refractivity contribution in [3.8, 4) is 5.75 Å². The summed E-state index contributed by atoms with van der Waals surface area (Å²) in [5.74, 6) is 1.71. The van der Waals surface area contributed by atoms with E-state index in [9.17, 15) is 9.90 Å². The third kappa shape index (κ3) is 7.61. The molecule has 37 heavy (non-hydrogen) atoms. The summed E-state index contributed by atoms with van der Waals surface area (Å²) in [6.07, 6.45) is 2.47. The number of rotatable bonds is 11. The molecule has 4 nitrogen and oxygen atoms in total. The van der Waals surface area contributed by atoms with Crippen LogP contribution >= 0.6 is 23.4 Å². The summed E-state index contributed by atoms with van der Waals surface area (Å²) >= 11 is 8.19. The van der Waals surface area contributed by atoms with Crippen LogP contribution in [-0.2, 0) is 11.2 Å². The summed E-state index contributed by atoms with van der Waals surface area (Å²) < 4.78 is 12.0. The number of thioether (sulfide) groups is 1. The summed E-state index contributed by atoms with van der Waals surface area (Å²) in [5, 5.41) is 11.4. The summed E-state index contributed by atoms with van der Waals surface area (Å²) in [4.78, 5) is 13.5. The molecule has 0 amide bonds. The number of ether oxygens (including phenoxy) is 2. The fourth-order valence-electron chi connectivity index (χ4n) is 4.70. The number of hydrogen-bond donors (Lipinski definition) is 1. The molecule has 3 aromatic rings. The molecule has 3 unspecified atom stereocenters. The van der Waals surface area contributed by atoms with Gasteiger partial charge in [-0.25, -0.2) is 0 Å². The van der Waals surface area contributed by atoms with Gasteiger partial charge < -0.3 is 14.6 Å². The van der Waals surface area contributed by atoms with Crippen LogP contribution in [0, 0.1) is 0 Å². The predicted octanol–water partition coefficient (Wildman–Crippen LogP) is 7.69. The summed E-state index contributed by atoms with van der Waals surface area (Å²) in [5.41, 5.74) is 3.98. The van der Waals surface area contributed by atoms with E-state index in [1.807, 2.05) is 62.4 Å². The highest BCUT2D eigenvalue weighted by atomic mass is 35.5. The first-order chi connectivity index (χ1) is 18.0. The van der Waals surface area contributed by atoms with Crippen molar-refractivity contribution in [2.75, 3.05) is 12.4 Å². The molecule has 1 aliphatic rings. The molecule has 0 bridgehead atoms. The molecule has 6 heteroatoms. The van der Waals surface area contributed by atoms with Gasteiger partial charge in [0.25, 0.3) is 0 Å². The Morgan fingerprint density at radius 1 is 1.08 bits per heavy atom. The van der Waals surface area contributed by atoms with Gasteiger partial charge in [-0.15, -0.1) is 11.8 Å². The lowest BCUT2D eigenvalue weighted by atomic mass is 9.94. The van der Waals surface area contributed by atoms with Gasteiger partial charge in [0.1, 0.15) is 5.75 Å². The number of aliphatic hydroxyl groups is 1. The first-order valence-electron chi connectivity index (χ1n) is 13.0. The van der Waals surface area contributed by atoms with E-state index in [1.165, 1.54) is 0 Å². The highest BCUT2D eigenvalue weighted by Crippen LogP contribution is 2.36. The van der Waals surface area contributed by atoms with Crippen LogP contribution < -0.4 is 4.74 Å². The number of carbonyl (C=O) groups is 1. The zero-order chi connectivity index (χ0) is 26.2. The van der Waals surface area contributed by atoms with Crippen LogP contribution in [0.4, 0.5) is 0 Å². The second kappa shape index (κ2) is 13.5. The second-order valence-electron chi connectivity index (χ2n) is 9.46. The highest BCUT2D eigenvalue weighted by Gasteiger charge is 2.30. The van der Waals surface area contributed by atoms with Crippen LogP contribution in [0.25, 0.3) is 0 Å². The molecule has 0 aromatic heterocycles. The summed E-state index contributed by atoms with van der Waals surface area (Å²) in [7, 11) is 0. The van der Waals surface area contributed by atoms with Gasteiger partial charge in [-0.3, -0.25) is 4.79 Å². The van der Waals surface area contributed by atoms with E-state index in [-0.39, 0.29) is 18.0 Å². The highest BCUT2D eigenvalue weighted by molar-refractivity contribution is 7.99. The van der Waals surface area contributed by atoms with E-state index in [0.29, 0.717) is 38.0 Å². The molecular weight excluding hydrogens is 504 g/mol. The number of carbonyl (C=O) groups excluding carboxylic acids is 1. The van der Waals surface area contributed by atoms with Gasteiger partial charge >= 0.3 is 0 Å². The van der Waals surface area contributed by atoms with Gasteiger partial charge in [-0.1, -0.05) is 61.0 Å². The quantitative estimate of drug-likeness (QED) is 0.200.